The van der Waals surface area contributed by atoms with Crippen LogP contribution in [0.15, 0.2) is 28.3 Å². The zero-order chi connectivity index (χ0) is 16.1. The molecule has 1 aliphatic heterocycles. The van der Waals surface area contributed by atoms with Crippen molar-refractivity contribution in [3.63, 3.8) is 0 Å². The number of carbonyl (C=O) groups excluding carboxylic acids is 1. The van der Waals surface area contributed by atoms with E-state index in [9.17, 15) is 13.6 Å². The van der Waals surface area contributed by atoms with Crippen LogP contribution in [-0.2, 0) is 0 Å². The number of hydrogen-bond donors (Lipinski definition) is 2. The molecule has 1 heterocycles. The number of hydrogen-bond acceptors (Lipinski definition) is 3. The number of hydrazone groups is 1. The van der Waals surface area contributed by atoms with Gasteiger partial charge in [0.2, 0.25) is 0 Å². The molecule has 0 radical (unpaired) electrons. The lowest BCUT2D eigenvalue weighted by atomic mass is 10.2. The van der Waals surface area contributed by atoms with Gasteiger partial charge in [0.25, 0.3) is 0 Å². The van der Waals surface area contributed by atoms with E-state index < -0.39 is 18.0 Å². The molecule has 0 saturated carbocycles. The lowest BCUT2D eigenvalue weighted by Gasteiger charge is -2.34. The molecule has 0 spiro atoms. The summed E-state index contributed by atoms with van der Waals surface area (Å²) in [7, 11) is 0. The van der Waals surface area contributed by atoms with Crippen molar-refractivity contribution in [3.8, 4) is 0 Å². The molecule has 6 nitrogen and oxygen atoms in total. The molecule has 1 aromatic carbocycles. The van der Waals surface area contributed by atoms with Gasteiger partial charge in [-0.1, -0.05) is 0 Å². The first-order chi connectivity index (χ1) is 10.5. The summed E-state index contributed by atoms with van der Waals surface area (Å²) >= 11 is 0. The molecule has 2 rings (SSSR count). The minimum atomic E-state index is -0.965. The summed E-state index contributed by atoms with van der Waals surface area (Å²) in [6.45, 7) is 3.56. The monoisotopic (exact) mass is 309 g/mol. The second kappa shape index (κ2) is 6.97. The molecule has 2 N–H and O–H groups in total. The minimum absolute atomic E-state index is 0.0800. The molecule has 2 amide bonds. The third kappa shape index (κ3) is 4.00. The topological polar surface area (TPSA) is 69.1 Å². The number of anilines is 2. The van der Waals surface area contributed by atoms with Crippen molar-refractivity contribution in [2.75, 3.05) is 23.8 Å². The highest BCUT2D eigenvalue weighted by Gasteiger charge is 2.30. The van der Waals surface area contributed by atoms with Gasteiger partial charge < -0.3 is 10.2 Å². The number of benzene rings is 1. The Labute approximate surface area is 126 Å². The molecule has 1 aromatic rings. The molecule has 0 aromatic heterocycles. The van der Waals surface area contributed by atoms with Crippen molar-refractivity contribution >= 4 is 29.5 Å². The molecule has 1 aliphatic rings. The first kappa shape index (κ1) is 15.9. The number of alkyl halides is 1. The van der Waals surface area contributed by atoms with E-state index in [0.29, 0.717) is 11.5 Å². The zero-order valence-corrected chi connectivity index (χ0v) is 12.3. The van der Waals surface area contributed by atoms with Crippen LogP contribution < -0.4 is 10.7 Å². The van der Waals surface area contributed by atoms with E-state index in [1.54, 1.807) is 20.1 Å². The smallest absolute Gasteiger partial charge is 0.319 e. The Bertz CT molecular complexity index is 611. The van der Waals surface area contributed by atoms with Crippen molar-refractivity contribution in [2.45, 2.75) is 20.0 Å². The summed E-state index contributed by atoms with van der Waals surface area (Å²) in [6.07, 6.45) is 0.603. The van der Waals surface area contributed by atoms with Gasteiger partial charge >= 0.3 is 6.03 Å². The summed E-state index contributed by atoms with van der Waals surface area (Å²) in [5.74, 6) is -0.0753. The maximum atomic E-state index is 13.7. The average Bonchev–Trinajstić information content (AvgIpc) is 2.44. The molecule has 1 saturated heterocycles. The SMILES string of the molecule is CC=N/C(C)=N/Nc1cc(NC(=O)N2CC(F)C2)ccc1F. The second-order valence-electron chi connectivity index (χ2n) is 4.79. The number of aliphatic imine (C=N–C) groups is 1. The van der Waals surface area contributed by atoms with Gasteiger partial charge in [-0.25, -0.2) is 18.6 Å². The summed E-state index contributed by atoms with van der Waals surface area (Å²) in [5, 5.41) is 6.47. The lowest BCUT2D eigenvalue weighted by molar-refractivity contribution is 0.0974. The molecule has 0 atom stereocenters. The Morgan fingerprint density at radius 2 is 2.18 bits per heavy atom. The van der Waals surface area contributed by atoms with Gasteiger partial charge in [-0.15, -0.1) is 0 Å². The maximum absolute atomic E-state index is 13.7. The van der Waals surface area contributed by atoms with Crippen LogP contribution in [-0.4, -0.2) is 42.2 Å². The van der Waals surface area contributed by atoms with Gasteiger partial charge in [0.1, 0.15) is 17.8 Å². The average molecular weight is 309 g/mol. The van der Waals surface area contributed by atoms with Crippen LogP contribution in [0.25, 0.3) is 0 Å². The first-order valence-electron chi connectivity index (χ1n) is 6.78. The van der Waals surface area contributed by atoms with Gasteiger partial charge in [0.15, 0.2) is 0 Å². The van der Waals surface area contributed by atoms with E-state index in [4.69, 9.17) is 0 Å². The number of rotatable bonds is 3. The van der Waals surface area contributed by atoms with Crippen LogP contribution in [0.3, 0.4) is 0 Å². The summed E-state index contributed by atoms with van der Waals surface area (Å²) in [4.78, 5) is 17.0. The number of urea groups is 1. The van der Waals surface area contributed by atoms with Crippen molar-refractivity contribution in [1.29, 1.82) is 0 Å². The van der Waals surface area contributed by atoms with Crippen molar-refractivity contribution in [3.05, 3.63) is 24.0 Å². The highest BCUT2D eigenvalue weighted by Crippen LogP contribution is 2.21. The summed E-state index contributed by atoms with van der Waals surface area (Å²) < 4.78 is 26.4. The van der Waals surface area contributed by atoms with Crippen molar-refractivity contribution in [2.24, 2.45) is 10.1 Å². The van der Waals surface area contributed by atoms with Crippen LogP contribution in [0, 0.1) is 5.82 Å². The van der Waals surface area contributed by atoms with E-state index >= 15 is 0 Å². The highest BCUT2D eigenvalue weighted by molar-refractivity contribution is 5.90. The minimum Gasteiger partial charge on any atom is -0.319 e. The molecule has 0 bridgehead atoms. The van der Waals surface area contributed by atoms with Crippen LogP contribution >= 0.6 is 0 Å². The quantitative estimate of drug-likeness (QED) is 0.512. The van der Waals surface area contributed by atoms with Crippen LogP contribution in [0.5, 0.6) is 0 Å². The van der Waals surface area contributed by atoms with E-state index in [0.717, 1.165) is 0 Å². The fourth-order valence-corrected chi connectivity index (χ4v) is 1.84. The largest absolute Gasteiger partial charge is 0.322 e. The third-order valence-electron chi connectivity index (χ3n) is 3.00. The van der Waals surface area contributed by atoms with Gasteiger partial charge in [0.05, 0.1) is 18.8 Å². The van der Waals surface area contributed by atoms with E-state index in [2.05, 4.69) is 20.8 Å². The number of carbonyl (C=O) groups is 1. The lowest BCUT2D eigenvalue weighted by Crippen LogP contribution is -2.53. The Kier molecular flexibility index (Phi) is 5.03. The van der Waals surface area contributed by atoms with Gasteiger partial charge in [-0.05, 0) is 32.0 Å². The first-order valence-corrected chi connectivity index (χ1v) is 6.78. The Morgan fingerprint density at radius 1 is 1.45 bits per heavy atom. The highest BCUT2D eigenvalue weighted by atomic mass is 19.1. The van der Waals surface area contributed by atoms with E-state index in [1.807, 2.05) is 0 Å². The number of nitrogens with one attached hydrogen (secondary N) is 2. The second-order valence-corrected chi connectivity index (χ2v) is 4.79. The molecule has 118 valence electrons. The molecule has 0 unspecified atom stereocenters. The van der Waals surface area contributed by atoms with E-state index in [1.165, 1.54) is 23.1 Å². The van der Waals surface area contributed by atoms with Crippen LogP contribution in [0.2, 0.25) is 0 Å². The third-order valence-corrected chi connectivity index (χ3v) is 3.00. The van der Waals surface area contributed by atoms with Gasteiger partial charge in [-0.2, -0.15) is 5.10 Å². The molecule has 1 fully saturated rings. The van der Waals surface area contributed by atoms with Crippen LogP contribution in [0.4, 0.5) is 25.0 Å². The summed E-state index contributed by atoms with van der Waals surface area (Å²) in [5.41, 5.74) is 3.05. The number of nitrogens with zero attached hydrogens (tertiary/aromatic N) is 3. The Hall–Kier alpha value is -2.51. The fraction of sp³-hybridized carbons (Fsp3) is 0.357. The molecule has 8 heteroatoms. The van der Waals surface area contributed by atoms with Gasteiger partial charge in [0, 0.05) is 11.9 Å². The van der Waals surface area contributed by atoms with Crippen molar-refractivity contribution in [1.82, 2.24) is 4.90 Å². The molecule has 22 heavy (non-hydrogen) atoms. The number of amidine groups is 1. The number of amides is 2. The number of halogens is 2. The normalized spacial score (nSPS) is 15.8. The molecular weight excluding hydrogens is 292 g/mol. The standard InChI is InChI=1S/C14H17F2N5O/c1-3-17-9(2)19-20-13-6-11(4-5-12(13)16)18-14(22)21-7-10(15)8-21/h3-6,10,20H,7-8H2,1-2H3,(H,18,22)/b17-3?,19-9+. The fourth-order valence-electron chi connectivity index (χ4n) is 1.84. The molecular formula is C14H17F2N5O. The summed E-state index contributed by atoms with van der Waals surface area (Å²) in [6, 6.07) is 3.62. The van der Waals surface area contributed by atoms with Crippen LogP contribution in [0.1, 0.15) is 13.8 Å². The molecule has 0 aliphatic carbocycles. The zero-order valence-electron chi connectivity index (χ0n) is 12.3. The predicted octanol–water partition coefficient (Wildman–Crippen LogP) is 2.85. The predicted molar refractivity (Wildman–Crippen MR) is 82.8 cm³/mol. The van der Waals surface area contributed by atoms with E-state index in [-0.39, 0.29) is 18.8 Å². The van der Waals surface area contributed by atoms with Gasteiger partial charge in [-0.3, -0.25) is 5.43 Å². The van der Waals surface area contributed by atoms with Crippen molar-refractivity contribution < 1.29 is 13.6 Å². The number of likely N-dealkylation sites (tertiary alicyclic amines) is 1. The Balaban J connectivity index is 2.03. The Morgan fingerprint density at radius 3 is 2.82 bits per heavy atom. The maximum Gasteiger partial charge on any atom is 0.322 e.